The molecule has 116 valence electrons. The monoisotopic (exact) mass is 285 g/mol. The van der Waals surface area contributed by atoms with Gasteiger partial charge in [-0.1, -0.05) is 0 Å². The van der Waals surface area contributed by atoms with E-state index >= 15 is 0 Å². The average Bonchev–Trinajstić information content (AvgIpc) is 2.37. The lowest BCUT2D eigenvalue weighted by Crippen LogP contribution is -2.42. The zero-order valence-electron chi connectivity index (χ0n) is 12.8. The highest BCUT2D eigenvalue weighted by Gasteiger charge is 2.26. The minimum absolute atomic E-state index is 0.0388. The van der Waals surface area contributed by atoms with E-state index in [9.17, 15) is 9.59 Å². The quantitative estimate of drug-likeness (QED) is 0.810. The summed E-state index contributed by atoms with van der Waals surface area (Å²) in [5, 5.41) is 2.78. The van der Waals surface area contributed by atoms with Crippen LogP contribution >= 0.6 is 0 Å². The first-order chi connectivity index (χ1) is 9.31. The number of nitrogens with one attached hydrogen (secondary N) is 1. The first-order valence-electron chi connectivity index (χ1n) is 7.26. The van der Waals surface area contributed by atoms with Crippen molar-refractivity contribution in [1.29, 1.82) is 0 Å². The van der Waals surface area contributed by atoms with E-state index in [0.29, 0.717) is 12.5 Å². The summed E-state index contributed by atoms with van der Waals surface area (Å²) in [6, 6.07) is 0. The highest BCUT2D eigenvalue weighted by atomic mass is 16.6. The zero-order valence-corrected chi connectivity index (χ0v) is 12.8. The van der Waals surface area contributed by atoms with Crippen molar-refractivity contribution in [3.63, 3.8) is 0 Å². The molecule has 0 unspecified atom stereocenters. The summed E-state index contributed by atoms with van der Waals surface area (Å²) in [4.78, 5) is 24.7. The summed E-state index contributed by atoms with van der Waals surface area (Å²) in [6.07, 6.45) is 2.62. The minimum Gasteiger partial charge on any atom is -0.444 e. The molecule has 0 radical (unpaired) electrons. The van der Waals surface area contributed by atoms with Crippen molar-refractivity contribution in [2.75, 3.05) is 26.2 Å². The van der Waals surface area contributed by atoms with Gasteiger partial charge >= 0.3 is 6.09 Å². The van der Waals surface area contributed by atoms with E-state index in [2.05, 4.69) is 5.32 Å². The lowest BCUT2D eigenvalue weighted by atomic mass is 9.94. The Morgan fingerprint density at radius 3 is 2.40 bits per heavy atom. The van der Waals surface area contributed by atoms with Crippen LogP contribution in [0.3, 0.4) is 0 Å². The smallest absolute Gasteiger partial charge is 0.410 e. The molecule has 0 saturated carbocycles. The van der Waals surface area contributed by atoms with E-state index in [4.69, 9.17) is 10.5 Å². The Labute approximate surface area is 121 Å². The molecule has 1 fully saturated rings. The van der Waals surface area contributed by atoms with E-state index in [0.717, 1.165) is 32.4 Å². The van der Waals surface area contributed by atoms with Gasteiger partial charge in [-0.15, -0.1) is 0 Å². The molecule has 0 aromatic carbocycles. The number of ether oxygens (including phenoxy) is 1. The Balaban J connectivity index is 2.23. The summed E-state index contributed by atoms with van der Waals surface area (Å²) in [5.41, 5.74) is 4.78. The number of rotatable bonds is 4. The summed E-state index contributed by atoms with van der Waals surface area (Å²) in [5.74, 6) is 0.433. The molecule has 0 aromatic heterocycles. The van der Waals surface area contributed by atoms with Crippen molar-refractivity contribution in [1.82, 2.24) is 10.2 Å². The highest BCUT2D eigenvalue weighted by Crippen LogP contribution is 2.21. The van der Waals surface area contributed by atoms with Gasteiger partial charge in [-0.3, -0.25) is 4.79 Å². The molecule has 1 aliphatic heterocycles. The number of nitrogens with zero attached hydrogens (tertiary/aromatic N) is 1. The minimum atomic E-state index is -0.444. The van der Waals surface area contributed by atoms with Gasteiger partial charge in [0, 0.05) is 19.6 Å². The Kier molecular flexibility index (Phi) is 6.26. The van der Waals surface area contributed by atoms with E-state index in [1.54, 1.807) is 4.90 Å². The van der Waals surface area contributed by atoms with Gasteiger partial charge in [0.2, 0.25) is 5.91 Å². The fraction of sp³-hybridized carbons (Fsp3) is 0.857. The standard InChI is InChI=1S/C14H27N3O3/c1-14(2,3)20-13(19)17-8-5-11(6-9-17)4-7-16-12(18)10-15/h11H,4-10,15H2,1-3H3,(H,16,18). The van der Waals surface area contributed by atoms with Crippen LogP contribution in [0.15, 0.2) is 0 Å². The summed E-state index contributed by atoms with van der Waals surface area (Å²) >= 11 is 0. The summed E-state index contributed by atoms with van der Waals surface area (Å²) in [7, 11) is 0. The van der Waals surface area contributed by atoms with E-state index < -0.39 is 5.60 Å². The average molecular weight is 285 g/mol. The predicted molar refractivity (Wildman–Crippen MR) is 77.2 cm³/mol. The molecule has 1 rings (SSSR count). The lowest BCUT2D eigenvalue weighted by molar-refractivity contribution is -0.119. The van der Waals surface area contributed by atoms with Gasteiger partial charge in [0.1, 0.15) is 5.60 Å². The molecule has 0 bridgehead atoms. The van der Waals surface area contributed by atoms with E-state index in [-0.39, 0.29) is 18.5 Å². The third-order valence-corrected chi connectivity index (χ3v) is 3.33. The molecule has 0 spiro atoms. The van der Waals surface area contributed by atoms with Crippen molar-refractivity contribution < 1.29 is 14.3 Å². The van der Waals surface area contributed by atoms with Gasteiger partial charge in [-0.25, -0.2) is 4.79 Å². The second kappa shape index (κ2) is 7.47. The SMILES string of the molecule is CC(C)(C)OC(=O)N1CCC(CCNC(=O)CN)CC1. The van der Waals surface area contributed by atoms with Crippen LogP contribution in [0.25, 0.3) is 0 Å². The van der Waals surface area contributed by atoms with Crippen LogP contribution in [0, 0.1) is 5.92 Å². The maximum Gasteiger partial charge on any atom is 0.410 e. The molecule has 6 heteroatoms. The maximum absolute atomic E-state index is 11.9. The van der Waals surface area contributed by atoms with Crippen molar-refractivity contribution in [2.24, 2.45) is 11.7 Å². The Hall–Kier alpha value is -1.30. The molecule has 0 atom stereocenters. The van der Waals surface area contributed by atoms with Crippen LogP contribution in [-0.4, -0.2) is 48.7 Å². The van der Waals surface area contributed by atoms with Crippen molar-refractivity contribution in [2.45, 2.75) is 45.6 Å². The number of amides is 2. The highest BCUT2D eigenvalue weighted by molar-refractivity contribution is 5.77. The normalized spacial score (nSPS) is 16.9. The molecule has 0 aliphatic carbocycles. The van der Waals surface area contributed by atoms with Crippen LogP contribution < -0.4 is 11.1 Å². The lowest BCUT2D eigenvalue weighted by Gasteiger charge is -2.33. The number of carbonyl (C=O) groups is 2. The number of likely N-dealkylation sites (tertiary alicyclic amines) is 1. The topological polar surface area (TPSA) is 84.7 Å². The number of nitrogens with two attached hydrogens (primary N) is 1. The first-order valence-corrected chi connectivity index (χ1v) is 7.26. The van der Waals surface area contributed by atoms with Crippen molar-refractivity contribution >= 4 is 12.0 Å². The van der Waals surface area contributed by atoms with Gasteiger partial charge < -0.3 is 20.7 Å². The fourth-order valence-corrected chi connectivity index (χ4v) is 2.22. The zero-order chi connectivity index (χ0) is 15.2. The Morgan fingerprint density at radius 2 is 1.90 bits per heavy atom. The molecule has 2 amide bonds. The molecular weight excluding hydrogens is 258 g/mol. The van der Waals surface area contributed by atoms with Crippen molar-refractivity contribution in [3.05, 3.63) is 0 Å². The number of hydrogen-bond donors (Lipinski definition) is 2. The summed E-state index contributed by atoms with van der Waals surface area (Å²) in [6.45, 7) is 7.77. The van der Waals surface area contributed by atoms with Gasteiger partial charge in [-0.05, 0) is 46.0 Å². The third kappa shape index (κ3) is 6.23. The van der Waals surface area contributed by atoms with Gasteiger partial charge in [0.25, 0.3) is 0 Å². The van der Waals surface area contributed by atoms with E-state index in [1.165, 1.54) is 0 Å². The molecule has 1 saturated heterocycles. The number of piperidine rings is 1. The van der Waals surface area contributed by atoms with Crippen LogP contribution in [-0.2, 0) is 9.53 Å². The Morgan fingerprint density at radius 1 is 1.30 bits per heavy atom. The molecular formula is C14H27N3O3. The second-order valence-corrected chi connectivity index (χ2v) is 6.25. The van der Waals surface area contributed by atoms with Crippen molar-refractivity contribution in [3.8, 4) is 0 Å². The number of hydrogen-bond acceptors (Lipinski definition) is 4. The largest absolute Gasteiger partial charge is 0.444 e. The second-order valence-electron chi connectivity index (χ2n) is 6.25. The van der Waals surface area contributed by atoms with Gasteiger partial charge in [0.05, 0.1) is 6.54 Å². The number of carbonyl (C=O) groups excluding carboxylic acids is 2. The van der Waals surface area contributed by atoms with Crippen LogP contribution in [0.5, 0.6) is 0 Å². The first kappa shape index (κ1) is 16.8. The predicted octanol–water partition coefficient (Wildman–Crippen LogP) is 1.10. The molecule has 1 aliphatic rings. The maximum atomic E-state index is 11.9. The van der Waals surface area contributed by atoms with Crippen LogP contribution in [0.4, 0.5) is 4.79 Å². The van der Waals surface area contributed by atoms with Crippen LogP contribution in [0.1, 0.15) is 40.0 Å². The molecule has 3 N–H and O–H groups in total. The van der Waals surface area contributed by atoms with Gasteiger partial charge in [-0.2, -0.15) is 0 Å². The fourth-order valence-electron chi connectivity index (χ4n) is 2.22. The molecule has 20 heavy (non-hydrogen) atoms. The van der Waals surface area contributed by atoms with E-state index in [1.807, 2.05) is 20.8 Å². The van der Waals surface area contributed by atoms with Gasteiger partial charge in [0.15, 0.2) is 0 Å². The molecule has 1 heterocycles. The third-order valence-electron chi connectivity index (χ3n) is 3.33. The summed E-state index contributed by atoms with van der Waals surface area (Å²) < 4.78 is 5.36. The molecule has 0 aromatic rings. The van der Waals surface area contributed by atoms with Crippen LogP contribution in [0.2, 0.25) is 0 Å². The molecule has 6 nitrogen and oxygen atoms in total. The Bertz CT molecular complexity index is 331.